The summed E-state index contributed by atoms with van der Waals surface area (Å²) >= 11 is 12.3. The maximum absolute atomic E-state index is 6.19. The molecule has 2 aromatic rings. The minimum Gasteiger partial charge on any atom is -0.335 e. The molecule has 19 heavy (non-hydrogen) atoms. The predicted octanol–water partition coefficient (Wildman–Crippen LogP) is 3.32. The van der Waals surface area contributed by atoms with Gasteiger partial charge in [-0.3, -0.25) is 0 Å². The third-order valence-corrected chi connectivity index (χ3v) is 3.82. The first-order chi connectivity index (χ1) is 9.11. The smallest absolute Gasteiger partial charge is 0.110 e. The number of aromatic nitrogens is 2. The average Bonchev–Trinajstić information content (AvgIpc) is 2.81. The van der Waals surface area contributed by atoms with Crippen LogP contribution >= 0.6 is 23.2 Å². The lowest BCUT2D eigenvalue weighted by Crippen LogP contribution is -2.27. The van der Waals surface area contributed by atoms with Gasteiger partial charge < -0.3 is 10.3 Å². The van der Waals surface area contributed by atoms with Crippen LogP contribution in [0.2, 0.25) is 10.0 Å². The summed E-state index contributed by atoms with van der Waals surface area (Å²) in [5.74, 6) is 0.998. The van der Waals surface area contributed by atoms with Crippen LogP contribution in [0.25, 0.3) is 0 Å². The van der Waals surface area contributed by atoms with Crippen LogP contribution in [0.3, 0.4) is 0 Å². The van der Waals surface area contributed by atoms with Crippen molar-refractivity contribution in [3.63, 3.8) is 0 Å². The zero-order valence-corrected chi connectivity index (χ0v) is 12.3. The zero-order chi connectivity index (χ0) is 13.8. The van der Waals surface area contributed by atoms with E-state index in [2.05, 4.69) is 16.5 Å². The van der Waals surface area contributed by atoms with E-state index >= 15 is 0 Å². The van der Waals surface area contributed by atoms with Crippen LogP contribution in [-0.4, -0.2) is 15.6 Å². The highest BCUT2D eigenvalue weighted by molar-refractivity contribution is 6.35. The van der Waals surface area contributed by atoms with E-state index in [1.165, 1.54) is 0 Å². The third kappa shape index (κ3) is 3.50. The summed E-state index contributed by atoms with van der Waals surface area (Å²) in [6.07, 6.45) is 5.12. The van der Waals surface area contributed by atoms with Crippen LogP contribution < -0.4 is 5.73 Å². The van der Waals surface area contributed by atoms with Crippen molar-refractivity contribution in [1.29, 1.82) is 0 Å². The summed E-state index contributed by atoms with van der Waals surface area (Å²) in [6.45, 7) is 2.98. The van der Waals surface area contributed by atoms with Crippen LogP contribution in [0.4, 0.5) is 0 Å². The molecule has 0 amide bonds. The Hall–Kier alpha value is -1.03. The molecule has 5 heteroatoms. The molecule has 3 nitrogen and oxygen atoms in total. The molecule has 2 rings (SSSR count). The highest BCUT2D eigenvalue weighted by Gasteiger charge is 2.13. The molecule has 102 valence electrons. The second-order valence-corrected chi connectivity index (χ2v) is 5.31. The lowest BCUT2D eigenvalue weighted by molar-refractivity contribution is 0.602. The Morgan fingerprint density at radius 2 is 1.95 bits per heavy atom. The van der Waals surface area contributed by atoms with Crippen molar-refractivity contribution < 1.29 is 0 Å². The van der Waals surface area contributed by atoms with Gasteiger partial charge >= 0.3 is 0 Å². The molecular weight excluding hydrogens is 281 g/mol. The Morgan fingerprint density at radius 1 is 1.26 bits per heavy atom. The molecule has 0 bridgehead atoms. The van der Waals surface area contributed by atoms with E-state index in [4.69, 9.17) is 28.9 Å². The van der Waals surface area contributed by atoms with E-state index in [1.807, 2.05) is 24.4 Å². The fourth-order valence-electron chi connectivity index (χ4n) is 2.11. The van der Waals surface area contributed by atoms with Gasteiger partial charge in [0, 0.05) is 41.4 Å². The Balaban J connectivity index is 2.07. The number of nitrogens with two attached hydrogens (primary N) is 1. The van der Waals surface area contributed by atoms with Crippen molar-refractivity contribution in [1.82, 2.24) is 9.55 Å². The van der Waals surface area contributed by atoms with Gasteiger partial charge in [-0.2, -0.15) is 0 Å². The van der Waals surface area contributed by atoms with Crippen LogP contribution in [0.15, 0.2) is 30.6 Å². The van der Waals surface area contributed by atoms with Gasteiger partial charge in [-0.1, -0.05) is 29.3 Å². The normalized spacial score (nSPS) is 12.6. The molecule has 1 atom stereocenters. The summed E-state index contributed by atoms with van der Waals surface area (Å²) in [5.41, 5.74) is 7.10. The van der Waals surface area contributed by atoms with Crippen LogP contribution in [0.1, 0.15) is 18.3 Å². The summed E-state index contributed by atoms with van der Waals surface area (Å²) in [6, 6.07) is 5.46. The maximum Gasteiger partial charge on any atom is 0.110 e. The summed E-state index contributed by atoms with van der Waals surface area (Å²) < 4.78 is 2.09. The molecular formula is C14H17Cl2N3. The van der Waals surface area contributed by atoms with Gasteiger partial charge in [-0.15, -0.1) is 0 Å². The first-order valence-corrected chi connectivity index (χ1v) is 7.06. The minimum atomic E-state index is -0.0508. The van der Waals surface area contributed by atoms with Gasteiger partial charge in [0.2, 0.25) is 0 Å². The van der Waals surface area contributed by atoms with E-state index < -0.39 is 0 Å². The van der Waals surface area contributed by atoms with Crippen molar-refractivity contribution in [3.8, 4) is 0 Å². The van der Waals surface area contributed by atoms with Crippen molar-refractivity contribution >= 4 is 23.2 Å². The largest absolute Gasteiger partial charge is 0.335 e. The quantitative estimate of drug-likeness (QED) is 0.920. The maximum atomic E-state index is 6.19. The molecule has 0 aliphatic carbocycles. The number of aryl methyl sites for hydroxylation is 1. The van der Waals surface area contributed by atoms with E-state index in [0.29, 0.717) is 22.9 Å². The van der Waals surface area contributed by atoms with E-state index in [0.717, 1.165) is 17.9 Å². The summed E-state index contributed by atoms with van der Waals surface area (Å²) in [4.78, 5) is 4.33. The Morgan fingerprint density at radius 3 is 2.58 bits per heavy atom. The number of nitrogens with zero attached hydrogens (tertiary/aromatic N) is 2. The minimum absolute atomic E-state index is 0.0508. The van der Waals surface area contributed by atoms with Crippen molar-refractivity contribution in [3.05, 3.63) is 52.0 Å². The van der Waals surface area contributed by atoms with E-state index in [-0.39, 0.29) is 6.04 Å². The fraction of sp³-hybridized carbons (Fsp3) is 0.357. The molecule has 1 unspecified atom stereocenters. The van der Waals surface area contributed by atoms with Gasteiger partial charge in [0.15, 0.2) is 0 Å². The highest BCUT2D eigenvalue weighted by atomic mass is 35.5. The Kier molecular flexibility index (Phi) is 4.86. The standard InChI is InChI=1S/C14H17Cl2N3/c1-2-19-7-6-18-14(19)9-10(17)8-11-12(15)4-3-5-13(11)16/h3-7,10H,2,8-9,17H2,1H3. The molecule has 0 aliphatic heterocycles. The first kappa shape index (κ1) is 14.4. The zero-order valence-electron chi connectivity index (χ0n) is 10.8. The van der Waals surface area contributed by atoms with Crippen molar-refractivity contribution in [2.45, 2.75) is 32.4 Å². The summed E-state index contributed by atoms with van der Waals surface area (Å²) in [7, 11) is 0. The third-order valence-electron chi connectivity index (χ3n) is 3.12. The monoisotopic (exact) mass is 297 g/mol. The molecule has 0 radical (unpaired) electrons. The number of hydrogen-bond donors (Lipinski definition) is 1. The van der Waals surface area contributed by atoms with Crippen molar-refractivity contribution in [2.24, 2.45) is 5.73 Å². The van der Waals surface area contributed by atoms with Gasteiger partial charge in [-0.25, -0.2) is 4.98 Å². The lowest BCUT2D eigenvalue weighted by atomic mass is 10.0. The number of halogens is 2. The molecule has 1 aromatic heterocycles. The van der Waals surface area contributed by atoms with Gasteiger partial charge in [0.1, 0.15) is 5.82 Å². The van der Waals surface area contributed by atoms with E-state index in [9.17, 15) is 0 Å². The van der Waals surface area contributed by atoms with Gasteiger partial charge in [0.05, 0.1) is 0 Å². The molecule has 0 aliphatic rings. The number of benzene rings is 1. The molecule has 1 aromatic carbocycles. The fourth-order valence-corrected chi connectivity index (χ4v) is 2.67. The first-order valence-electron chi connectivity index (χ1n) is 6.30. The number of imidazole rings is 1. The lowest BCUT2D eigenvalue weighted by Gasteiger charge is -2.14. The molecule has 0 spiro atoms. The van der Waals surface area contributed by atoms with Gasteiger partial charge in [-0.05, 0) is 31.0 Å². The van der Waals surface area contributed by atoms with Crippen LogP contribution in [-0.2, 0) is 19.4 Å². The average molecular weight is 298 g/mol. The van der Waals surface area contributed by atoms with Gasteiger partial charge in [0.25, 0.3) is 0 Å². The molecule has 0 saturated heterocycles. The SMILES string of the molecule is CCn1ccnc1CC(N)Cc1c(Cl)cccc1Cl. The second-order valence-electron chi connectivity index (χ2n) is 4.50. The second kappa shape index (κ2) is 6.42. The van der Waals surface area contributed by atoms with Crippen LogP contribution in [0.5, 0.6) is 0 Å². The Labute approximate surface area is 123 Å². The topological polar surface area (TPSA) is 43.8 Å². The van der Waals surface area contributed by atoms with Crippen LogP contribution in [0, 0.1) is 0 Å². The molecule has 0 fully saturated rings. The highest BCUT2D eigenvalue weighted by Crippen LogP contribution is 2.25. The number of hydrogen-bond acceptors (Lipinski definition) is 2. The van der Waals surface area contributed by atoms with E-state index in [1.54, 1.807) is 6.20 Å². The molecule has 1 heterocycles. The molecule has 0 saturated carbocycles. The van der Waals surface area contributed by atoms with Crippen molar-refractivity contribution in [2.75, 3.05) is 0 Å². The Bertz CT molecular complexity index is 531. The molecule has 2 N–H and O–H groups in total. The number of rotatable bonds is 5. The summed E-state index contributed by atoms with van der Waals surface area (Å²) in [5, 5.41) is 1.34. The predicted molar refractivity (Wildman–Crippen MR) is 79.7 cm³/mol.